The van der Waals surface area contributed by atoms with E-state index in [-0.39, 0.29) is 30.8 Å². The molecule has 0 heterocycles. The predicted octanol–water partition coefficient (Wildman–Crippen LogP) is 4.92. The van der Waals surface area contributed by atoms with Gasteiger partial charge in [0.15, 0.2) is 0 Å². The van der Waals surface area contributed by atoms with Crippen LogP contribution in [-0.2, 0) is 26.2 Å². The summed E-state index contributed by atoms with van der Waals surface area (Å²) in [6.45, 7) is 8.26. The lowest BCUT2D eigenvalue weighted by Gasteiger charge is -2.32. The fourth-order valence-electron chi connectivity index (χ4n) is 3.98. The van der Waals surface area contributed by atoms with Crippen molar-refractivity contribution in [2.75, 3.05) is 17.1 Å². The second-order valence-corrected chi connectivity index (χ2v) is 11.5. The van der Waals surface area contributed by atoms with Crippen LogP contribution in [0.3, 0.4) is 0 Å². The Balaban J connectivity index is 2.22. The van der Waals surface area contributed by atoms with Crippen molar-refractivity contribution >= 4 is 39.1 Å². The van der Waals surface area contributed by atoms with E-state index in [1.807, 2.05) is 52.0 Å². The van der Waals surface area contributed by atoms with E-state index in [9.17, 15) is 18.0 Å². The van der Waals surface area contributed by atoms with Crippen molar-refractivity contribution in [3.8, 4) is 0 Å². The van der Waals surface area contributed by atoms with Crippen molar-refractivity contribution in [3.63, 3.8) is 0 Å². The molecular weight excluding hydrogens is 498 g/mol. The minimum Gasteiger partial charge on any atom is -0.352 e. The number of sulfonamides is 1. The first-order chi connectivity index (χ1) is 17.0. The zero-order valence-electron chi connectivity index (χ0n) is 21.8. The predicted molar refractivity (Wildman–Crippen MR) is 147 cm³/mol. The molecule has 0 fully saturated rings. The van der Waals surface area contributed by atoms with Crippen molar-refractivity contribution in [2.24, 2.45) is 0 Å². The molecular formula is C27H38ClN3O4S. The molecule has 0 aromatic heterocycles. The first-order valence-electron chi connectivity index (χ1n) is 12.3. The van der Waals surface area contributed by atoms with E-state index in [2.05, 4.69) is 5.32 Å². The molecule has 198 valence electrons. The third kappa shape index (κ3) is 8.82. The van der Waals surface area contributed by atoms with Crippen LogP contribution in [0.25, 0.3) is 0 Å². The van der Waals surface area contributed by atoms with E-state index >= 15 is 0 Å². The third-order valence-corrected chi connectivity index (χ3v) is 7.54. The maximum atomic E-state index is 13.5. The van der Waals surface area contributed by atoms with Gasteiger partial charge in [0.1, 0.15) is 6.04 Å². The Labute approximate surface area is 220 Å². The molecule has 0 unspecified atom stereocenters. The number of carbonyl (C=O) groups is 2. The standard InChI is InChI=1S/C27H38ClN3O4S/c1-6-21(4)29-27(33)25(7-2)30(19-22-11-8-10-20(3)18-22)26(32)12-9-17-31(36(5,34)35)24-15-13-23(28)14-16-24/h8,10-11,13-16,18,21,25H,6-7,9,12,17,19H2,1-5H3,(H,29,33)/t21-,25-/m1/s1. The van der Waals surface area contributed by atoms with Gasteiger partial charge < -0.3 is 10.2 Å². The zero-order valence-corrected chi connectivity index (χ0v) is 23.4. The summed E-state index contributed by atoms with van der Waals surface area (Å²) in [5.74, 6) is -0.362. The number of rotatable bonds is 13. The molecule has 2 aromatic rings. The van der Waals surface area contributed by atoms with Crippen LogP contribution in [0, 0.1) is 6.92 Å². The lowest BCUT2D eigenvalue weighted by atomic mass is 10.1. The summed E-state index contributed by atoms with van der Waals surface area (Å²) >= 11 is 5.95. The number of nitrogens with one attached hydrogen (secondary N) is 1. The average molecular weight is 536 g/mol. The summed E-state index contributed by atoms with van der Waals surface area (Å²) in [5.41, 5.74) is 2.51. The maximum absolute atomic E-state index is 13.5. The van der Waals surface area contributed by atoms with Gasteiger partial charge in [-0.2, -0.15) is 0 Å². The van der Waals surface area contributed by atoms with E-state index in [0.717, 1.165) is 23.8 Å². The second kappa shape index (κ2) is 13.7. The number of amides is 2. The largest absolute Gasteiger partial charge is 0.352 e. The highest BCUT2D eigenvalue weighted by molar-refractivity contribution is 7.92. The molecule has 0 aliphatic rings. The smallest absolute Gasteiger partial charge is 0.243 e. The number of nitrogens with zero attached hydrogens (tertiary/aromatic N) is 2. The Bertz CT molecular complexity index is 1120. The number of aryl methyl sites for hydroxylation is 1. The van der Waals surface area contributed by atoms with Gasteiger partial charge in [-0.05, 0) is 62.9 Å². The number of carbonyl (C=O) groups excluding carboxylic acids is 2. The Kier molecular flexibility index (Phi) is 11.2. The molecule has 0 spiro atoms. The van der Waals surface area contributed by atoms with Crippen LogP contribution in [0.5, 0.6) is 0 Å². The van der Waals surface area contributed by atoms with E-state index < -0.39 is 16.1 Å². The highest BCUT2D eigenvalue weighted by Crippen LogP contribution is 2.22. The minimum atomic E-state index is -3.55. The Morgan fingerprint density at radius 1 is 1.06 bits per heavy atom. The molecule has 36 heavy (non-hydrogen) atoms. The Hall–Kier alpha value is -2.58. The summed E-state index contributed by atoms with van der Waals surface area (Å²) in [5, 5.41) is 3.51. The second-order valence-electron chi connectivity index (χ2n) is 9.17. The van der Waals surface area contributed by atoms with Gasteiger partial charge in [-0.15, -0.1) is 0 Å². The van der Waals surface area contributed by atoms with Crippen LogP contribution < -0.4 is 9.62 Å². The Morgan fingerprint density at radius 2 is 1.72 bits per heavy atom. The highest BCUT2D eigenvalue weighted by atomic mass is 35.5. The van der Waals surface area contributed by atoms with Crippen LogP contribution in [0.15, 0.2) is 48.5 Å². The molecule has 0 aliphatic carbocycles. The first-order valence-corrected chi connectivity index (χ1v) is 14.6. The maximum Gasteiger partial charge on any atom is 0.243 e. The van der Waals surface area contributed by atoms with Gasteiger partial charge in [0.25, 0.3) is 0 Å². The van der Waals surface area contributed by atoms with Gasteiger partial charge in [-0.25, -0.2) is 8.42 Å². The van der Waals surface area contributed by atoms with Crippen LogP contribution >= 0.6 is 11.6 Å². The lowest BCUT2D eigenvalue weighted by molar-refractivity contribution is -0.141. The van der Waals surface area contributed by atoms with Gasteiger partial charge >= 0.3 is 0 Å². The van der Waals surface area contributed by atoms with Crippen LogP contribution in [0.4, 0.5) is 5.69 Å². The molecule has 7 nitrogen and oxygen atoms in total. The van der Waals surface area contributed by atoms with Crippen LogP contribution in [-0.4, -0.2) is 50.0 Å². The van der Waals surface area contributed by atoms with Crippen molar-refractivity contribution in [1.29, 1.82) is 0 Å². The average Bonchev–Trinajstić information content (AvgIpc) is 2.81. The summed E-state index contributed by atoms with van der Waals surface area (Å²) < 4.78 is 26.1. The molecule has 0 bridgehead atoms. The molecule has 2 aromatic carbocycles. The summed E-state index contributed by atoms with van der Waals surface area (Å²) in [7, 11) is -3.55. The summed E-state index contributed by atoms with van der Waals surface area (Å²) in [6, 6.07) is 13.8. The normalized spacial score (nSPS) is 13.1. The van der Waals surface area contributed by atoms with Gasteiger partial charge in [0.05, 0.1) is 11.9 Å². The number of benzene rings is 2. The molecule has 0 radical (unpaired) electrons. The molecule has 2 atom stereocenters. The molecule has 9 heteroatoms. The Morgan fingerprint density at radius 3 is 2.28 bits per heavy atom. The number of hydrogen-bond donors (Lipinski definition) is 1. The fraction of sp³-hybridized carbons (Fsp3) is 0.481. The van der Waals surface area contributed by atoms with Crippen LogP contribution in [0.1, 0.15) is 57.6 Å². The van der Waals surface area contributed by atoms with E-state index in [1.165, 1.54) is 4.31 Å². The molecule has 0 aliphatic heterocycles. The monoisotopic (exact) mass is 535 g/mol. The molecule has 1 N–H and O–H groups in total. The molecule has 2 rings (SSSR count). The third-order valence-electron chi connectivity index (χ3n) is 6.09. The van der Waals surface area contributed by atoms with Crippen molar-refractivity contribution in [2.45, 2.75) is 72.0 Å². The molecule has 0 saturated heterocycles. The van der Waals surface area contributed by atoms with E-state index in [1.54, 1.807) is 29.2 Å². The summed E-state index contributed by atoms with van der Waals surface area (Å²) in [4.78, 5) is 28.2. The first kappa shape index (κ1) is 29.6. The number of halogens is 1. The van der Waals surface area contributed by atoms with Gasteiger partial charge in [0, 0.05) is 30.6 Å². The zero-order chi connectivity index (χ0) is 26.9. The number of anilines is 1. The van der Waals surface area contributed by atoms with Gasteiger partial charge in [-0.1, -0.05) is 55.3 Å². The lowest BCUT2D eigenvalue weighted by Crippen LogP contribution is -2.50. The van der Waals surface area contributed by atoms with Gasteiger partial charge in [0.2, 0.25) is 21.8 Å². The van der Waals surface area contributed by atoms with Crippen molar-refractivity contribution in [1.82, 2.24) is 10.2 Å². The number of hydrogen-bond acceptors (Lipinski definition) is 4. The quantitative estimate of drug-likeness (QED) is 0.394. The van der Waals surface area contributed by atoms with Gasteiger partial charge in [-0.3, -0.25) is 13.9 Å². The van der Waals surface area contributed by atoms with Crippen molar-refractivity contribution < 1.29 is 18.0 Å². The molecule has 2 amide bonds. The van der Waals surface area contributed by atoms with E-state index in [4.69, 9.17) is 11.6 Å². The summed E-state index contributed by atoms with van der Waals surface area (Å²) in [6.07, 6.45) is 2.82. The van der Waals surface area contributed by atoms with Crippen molar-refractivity contribution in [3.05, 3.63) is 64.7 Å². The highest BCUT2D eigenvalue weighted by Gasteiger charge is 2.29. The van der Waals surface area contributed by atoms with Crippen LogP contribution in [0.2, 0.25) is 5.02 Å². The fourth-order valence-corrected chi connectivity index (χ4v) is 5.07. The SMILES string of the molecule is CC[C@@H](C)NC(=O)[C@@H](CC)N(Cc1cccc(C)c1)C(=O)CCCN(c1ccc(Cl)cc1)S(C)(=O)=O. The van der Waals surface area contributed by atoms with E-state index in [0.29, 0.717) is 30.1 Å². The molecule has 0 saturated carbocycles. The topological polar surface area (TPSA) is 86.8 Å². The minimum absolute atomic E-state index is 0.00478.